The van der Waals surface area contributed by atoms with Crippen LogP contribution in [0.3, 0.4) is 0 Å². The van der Waals surface area contributed by atoms with E-state index >= 15 is 0 Å². The zero-order valence-electron chi connectivity index (χ0n) is 16.0. The molecule has 1 saturated heterocycles. The van der Waals surface area contributed by atoms with Gasteiger partial charge in [0.1, 0.15) is 5.76 Å². The fraction of sp³-hybridized carbons (Fsp3) is 0.429. The van der Waals surface area contributed by atoms with Crippen LogP contribution < -0.4 is 4.90 Å². The summed E-state index contributed by atoms with van der Waals surface area (Å²) in [5.74, 6) is 1.04. The van der Waals surface area contributed by atoms with Crippen LogP contribution in [0.2, 0.25) is 0 Å². The van der Waals surface area contributed by atoms with Gasteiger partial charge in [-0.05, 0) is 50.2 Å². The Morgan fingerprint density at radius 3 is 2.37 bits per heavy atom. The Kier molecular flexibility index (Phi) is 6.29. The molecule has 144 valence electrons. The van der Waals surface area contributed by atoms with Gasteiger partial charge in [-0.2, -0.15) is 0 Å². The molecule has 6 heteroatoms. The molecule has 0 spiro atoms. The molecule has 1 aromatic heterocycles. The number of benzene rings is 1. The van der Waals surface area contributed by atoms with Crippen molar-refractivity contribution in [2.24, 2.45) is 5.92 Å². The Bertz CT molecular complexity index is 735. The smallest absolute Gasteiger partial charge is 0.241 e. The van der Waals surface area contributed by atoms with Gasteiger partial charge in [0.15, 0.2) is 0 Å². The lowest BCUT2D eigenvalue weighted by Crippen LogP contribution is -2.45. The van der Waals surface area contributed by atoms with E-state index in [1.54, 1.807) is 30.2 Å². The number of hydrogen-bond donors (Lipinski definition) is 0. The van der Waals surface area contributed by atoms with E-state index in [1.807, 2.05) is 42.5 Å². The van der Waals surface area contributed by atoms with Gasteiger partial charge in [0.25, 0.3) is 0 Å². The van der Waals surface area contributed by atoms with E-state index in [0.29, 0.717) is 13.1 Å². The molecule has 0 unspecified atom stereocenters. The molecule has 1 aromatic carbocycles. The monoisotopic (exact) mass is 369 g/mol. The fourth-order valence-corrected chi connectivity index (χ4v) is 3.47. The molecule has 0 bridgehead atoms. The van der Waals surface area contributed by atoms with E-state index in [1.165, 1.54) is 0 Å². The fourth-order valence-electron chi connectivity index (χ4n) is 3.47. The molecular weight excluding hydrogens is 342 g/mol. The number of nitrogens with zero attached hydrogens (tertiary/aromatic N) is 3. The van der Waals surface area contributed by atoms with Gasteiger partial charge in [-0.3, -0.25) is 14.5 Å². The van der Waals surface area contributed by atoms with Crippen molar-refractivity contribution in [2.75, 3.05) is 38.6 Å². The number of anilines is 1. The summed E-state index contributed by atoms with van der Waals surface area (Å²) in [6, 6.07) is 13.4. The first-order valence-electron chi connectivity index (χ1n) is 9.36. The van der Waals surface area contributed by atoms with Crippen molar-refractivity contribution in [3.05, 3.63) is 54.5 Å². The highest BCUT2D eigenvalue weighted by atomic mass is 16.3. The molecule has 1 fully saturated rings. The van der Waals surface area contributed by atoms with E-state index in [4.69, 9.17) is 4.42 Å². The Morgan fingerprint density at radius 2 is 1.78 bits per heavy atom. The molecular formula is C21H27N3O3. The molecule has 6 nitrogen and oxygen atoms in total. The molecule has 3 rings (SSSR count). The summed E-state index contributed by atoms with van der Waals surface area (Å²) in [6.45, 7) is 2.28. The highest BCUT2D eigenvalue weighted by molar-refractivity contribution is 5.94. The molecule has 2 amide bonds. The number of para-hydroxylation sites is 1. The van der Waals surface area contributed by atoms with Gasteiger partial charge in [0, 0.05) is 25.7 Å². The number of hydrogen-bond acceptors (Lipinski definition) is 4. The highest BCUT2D eigenvalue weighted by Gasteiger charge is 2.28. The van der Waals surface area contributed by atoms with Crippen molar-refractivity contribution in [1.82, 2.24) is 9.80 Å². The van der Waals surface area contributed by atoms with Crippen LogP contribution in [-0.2, 0) is 16.1 Å². The summed E-state index contributed by atoms with van der Waals surface area (Å²) in [6.07, 6.45) is 3.22. The Labute approximate surface area is 160 Å². The third kappa shape index (κ3) is 4.98. The summed E-state index contributed by atoms with van der Waals surface area (Å²) in [4.78, 5) is 30.7. The maximum atomic E-state index is 13.0. The van der Waals surface area contributed by atoms with Crippen LogP contribution in [0, 0.1) is 5.92 Å². The van der Waals surface area contributed by atoms with Crippen LogP contribution in [0.25, 0.3) is 0 Å². The van der Waals surface area contributed by atoms with Crippen LogP contribution >= 0.6 is 0 Å². The first-order valence-corrected chi connectivity index (χ1v) is 9.36. The number of carbonyl (C=O) groups is 2. The summed E-state index contributed by atoms with van der Waals surface area (Å²) >= 11 is 0. The summed E-state index contributed by atoms with van der Waals surface area (Å²) in [5.41, 5.74) is 0.858. The predicted molar refractivity (Wildman–Crippen MR) is 104 cm³/mol. The second-order valence-corrected chi connectivity index (χ2v) is 7.18. The van der Waals surface area contributed by atoms with Crippen molar-refractivity contribution in [1.29, 1.82) is 0 Å². The number of rotatable bonds is 6. The second kappa shape index (κ2) is 8.86. The van der Waals surface area contributed by atoms with E-state index in [2.05, 4.69) is 4.90 Å². The molecule has 2 aromatic rings. The summed E-state index contributed by atoms with van der Waals surface area (Å²) in [5, 5.41) is 0. The minimum atomic E-state index is 0.0370. The van der Waals surface area contributed by atoms with Crippen LogP contribution in [0.15, 0.2) is 53.1 Å². The van der Waals surface area contributed by atoms with Crippen molar-refractivity contribution < 1.29 is 14.0 Å². The third-order valence-corrected chi connectivity index (χ3v) is 5.00. The van der Waals surface area contributed by atoms with Crippen LogP contribution in [-0.4, -0.2) is 55.3 Å². The molecule has 2 heterocycles. The minimum Gasteiger partial charge on any atom is -0.467 e. The largest absolute Gasteiger partial charge is 0.467 e. The number of amides is 2. The first-order chi connectivity index (χ1) is 13.0. The standard InChI is InChI=1S/C21H27N3O3/c1-22(2)21(26)17-10-12-23(13-11-17)16-20(25)24(15-19-9-6-14-27-19)18-7-4-3-5-8-18/h3-9,14,17H,10-13,15-16H2,1-2H3. The normalized spacial score (nSPS) is 15.5. The average Bonchev–Trinajstić information content (AvgIpc) is 3.20. The summed E-state index contributed by atoms with van der Waals surface area (Å²) < 4.78 is 5.44. The lowest BCUT2D eigenvalue weighted by atomic mass is 9.95. The third-order valence-electron chi connectivity index (χ3n) is 5.00. The van der Waals surface area contributed by atoms with E-state index in [0.717, 1.165) is 37.4 Å². The van der Waals surface area contributed by atoms with Gasteiger partial charge in [-0.1, -0.05) is 18.2 Å². The molecule has 0 saturated carbocycles. The zero-order valence-corrected chi connectivity index (χ0v) is 16.0. The Morgan fingerprint density at radius 1 is 1.07 bits per heavy atom. The maximum Gasteiger partial charge on any atom is 0.241 e. The van der Waals surface area contributed by atoms with Crippen molar-refractivity contribution in [2.45, 2.75) is 19.4 Å². The quantitative estimate of drug-likeness (QED) is 0.785. The predicted octanol–water partition coefficient (Wildman–Crippen LogP) is 2.61. The molecule has 0 radical (unpaired) electrons. The zero-order chi connectivity index (χ0) is 19.2. The lowest BCUT2D eigenvalue weighted by molar-refractivity contribution is -0.134. The van der Waals surface area contributed by atoms with Crippen LogP contribution in [0.4, 0.5) is 5.69 Å². The number of furan rings is 1. The van der Waals surface area contributed by atoms with Crippen LogP contribution in [0.1, 0.15) is 18.6 Å². The van der Waals surface area contributed by atoms with Crippen LogP contribution in [0.5, 0.6) is 0 Å². The molecule has 1 aliphatic rings. The average molecular weight is 369 g/mol. The van der Waals surface area contributed by atoms with Gasteiger partial charge < -0.3 is 14.2 Å². The topological polar surface area (TPSA) is 57.0 Å². The molecule has 0 N–H and O–H groups in total. The second-order valence-electron chi connectivity index (χ2n) is 7.18. The van der Waals surface area contributed by atoms with E-state index < -0.39 is 0 Å². The van der Waals surface area contributed by atoms with Crippen molar-refractivity contribution in [3.8, 4) is 0 Å². The molecule has 0 atom stereocenters. The van der Waals surface area contributed by atoms with Gasteiger partial charge in [-0.15, -0.1) is 0 Å². The van der Waals surface area contributed by atoms with Gasteiger partial charge in [-0.25, -0.2) is 0 Å². The molecule has 27 heavy (non-hydrogen) atoms. The van der Waals surface area contributed by atoms with Gasteiger partial charge in [0.2, 0.25) is 11.8 Å². The highest BCUT2D eigenvalue weighted by Crippen LogP contribution is 2.21. The Hall–Kier alpha value is -2.60. The number of likely N-dealkylation sites (tertiary alicyclic amines) is 1. The van der Waals surface area contributed by atoms with Crippen molar-refractivity contribution in [3.63, 3.8) is 0 Å². The first kappa shape index (κ1) is 19.2. The summed E-state index contributed by atoms with van der Waals surface area (Å²) in [7, 11) is 3.59. The molecule has 0 aliphatic carbocycles. The maximum absolute atomic E-state index is 13.0. The lowest BCUT2D eigenvalue weighted by Gasteiger charge is -2.33. The minimum absolute atomic E-state index is 0.0370. The van der Waals surface area contributed by atoms with E-state index in [9.17, 15) is 9.59 Å². The number of carbonyl (C=O) groups excluding carboxylic acids is 2. The van der Waals surface area contributed by atoms with Crippen molar-refractivity contribution >= 4 is 17.5 Å². The SMILES string of the molecule is CN(C)C(=O)C1CCN(CC(=O)N(Cc2ccco2)c2ccccc2)CC1. The number of piperidine rings is 1. The van der Waals surface area contributed by atoms with Gasteiger partial charge >= 0.3 is 0 Å². The van der Waals surface area contributed by atoms with Gasteiger partial charge in [0.05, 0.1) is 19.4 Å². The Balaban J connectivity index is 1.62. The molecule has 1 aliphatic heterocycles. The van der Waals surface area contributed by atoms with E-state index in [-0.39, 0.29) is 17.7 Å².